The van der Waals surface area contributed by atoms with Gasteiger partial charge in [0.15, 0.2) is 5.65 Å². The molecule has 5 atom stereocenters. The van der Waals surface area contributed by atoms with E-state index in [2.05, 4.69) is 25.3 Å². The predicted molar refractivity (Wildman–Crippen MR) is 91.2 cm³/mol. The average molecular weight is 387 g/mol. The first-order chi connectivity index (χ1) is 12.9. The maximum absolute atomic E-state index is 9.93. The number of hydrogen-bond acceptors (Lipinski definition) is 11. The maximum atomic E-state index is 9.93. The predicted octanol–water partition coefficient (Wildman–Crippen LogP) is -4.14. The van der Waals surface area contributed by atoms with Gasteiger partial charge in [0.25, 0.3) is 0 Å². The molecule has 0 saturated heterocycles. The van der Waals surface area contributed by atoms with E-state index in [0.29, 0.717) is 5.65 Å². The minimum Gasteiger partial charge on any atom is -0.395 e. The van der Waals surface area contributed by atoms with Crippen LogP contribution in [0.1, 0.15) is 6.42 Å². The second-order valence-electron chi connectivity index (χ2n) is 6.39. The van der Waals surface area contributed by atoms with E-state index in [1.54, 1.807) is 12.5 Å². The van der Waals surface area contributed by atoms with E-state index in [1.165, 1.54) is 6.33 Å². The molecule has 0 aliphatic heterocycles. The highest BCUT2D eigenvalue weighted by molar-refractivity contribution is 5.67. The third kappa shape index (κ3) is 4.94. The summed E-state index contributed by atoms with van der Waals surface area (Å²) in [6, 6.07) is -1.60. The fourth-order valence-electron chi connectivity index (χ4n) is 2.84. The first kappa shape index (κ1) is 21.5. The summed E-state index contributed by atoms with van der Waals surface area (Å²) in [5, 5.41) is 68.4. The molecule has 9 N–H and O–H groups in total. The Labute approximate surface area is 154 Å². The van der Waals surface area contributed by atoms with Crippen LogP contribution >= 0.6 is 0 Å². The molecule has 152 valence electrons. The summed E-state index contributed by atoms with van der Waals surface area (Å²) in [6.45, 7) is -1.56. The first-order valence-corrected chi connectivity index (χ1v) is 8.30. The molecule has 3 rings (SSSR count). The average Bonchev–Trinajstić information content (AvgIpc) is 3.17. The monoisotopic (exact) mass is 387 g/mol. The lowest BCUT2D eigenvalue weighted by molar-refractivity contribution is -0.207. The van der Waals surface area contributed by atoms with Crippen LogP contribution in [-0.4, -0.2) is 111 Å². The smallest absolute Gasteiger partial charge is 0.180 e. The van der Waals surface area contributed by atoms with Gasteiger partial charge in [-0.2, -0.15) is 0 Å². The van der Waals surface area contributed by atoms with Gasteiger partial charge in [0.2, 0.25) is 0 Å². The fraction of sp³-hybridized carbons (Fsp3) is 0.667. The molecule has 1 aliphatic carbocycles. The van der Waals surface area contributed by atoms with E-state index in [-0.39, 0.29) is 6.42 Å². The molecule has 1 fully saturated rings. The molecular formula is C15H25N5O7. The number of H-pyrrole nitrogens is 1. The fourth-order valence-corrected chi connectivity index (χ4v) is 2.84. The lowest BCUT2D eigenvalue weighted by Gasteiger charge is -2.46. The van der Waals surface area contributed by atoms with Gasteiger partial charge in [-0.15, -0.1) is 0 Å². The molecule has 2 aromatic rings. The van der Waals surface area contributed by atoms with Crippen molar-refractivity contribution in [3.05, 3.63) is 18.9 Å². The molecule has 0 aromatic carbocycles. The third-order valence-corrected chi connectivity index (χ3v) is 4.47. The molecule has 0 amide bonds. The molecule has 2 heterocycles. The van der Waals surface area contributed by atoms with E-state index in [9.17, 15) is 20.4 Å². The molecular weight excluding hydrogens is 362 g/mol. The minimum absolute atomic E-state index is 0.223. The highest BCUT2D eigenvalue weighted by Gasteiger charge is 2.51. The number of hydrogen-bond donors (Lipinski definition) is 9. The van der Waals surface area contributed by atoms with E-state index in [0.717, 1.165) is 5.52 Å². The second kappa shape index (κ2) is 9.43. The topological polar surface area (TPSA) is 208 Å². The van der Waals surface area contributed by atoms with E-state index >= 15 is 0 Å². The Balaban J connectivity index is 0.000000239. The van der Waals surface area contributed by atoms with Crippen molar-refractivity contribution in [2.24, 2.45) is 0 Å². The summed E-state index contributed by atoms with van der Waals surface area (Å²) in [7, 11) is 0. The Bertz CT molecular complexity index is 670. The minimum atomic E-state index is -1.94. The normalized spacial score (nSPS) is 31.0. The van der Waals surface area contributed by atoms with Crippen LogP contribution in [0, 0.1) is 0 Å². The molecule has 0 bridgehead atoms. The van der Waals surface area contributed by atoms with Gasteiger partial charge < -0.3 is 46.0 Å². The number of aromatic nitrogens is 4. The number of aliphatic hydroxyl groups is 7. The highest BCUT2D eigenvalue weighted by atomic mass is 16.4. The molecule has 12 heteroatoms. The van der Waals surface area contributed by atoms with Gasteiger partial charge in [0.1, 0.15) is 29.7 Å². The van der Waals surface area contributed by atoms with Gasteiger partial charge in [0.05, 0.1) is 44.5 Å². The van der Waals surface area contributed by atoms with Crippen molar-refractivity contribution < 1.29 is 35.7 Å². The summed E-state index contributed by atoms with van der Waals surface area (Å²) in [5.74, 6) is 0. The van der Waals surface area contributed by atoms with Gasteiger partial charge in [-0.25, -0.2) is 15.0 Å². The molecule has 27 heavy (non-hydrogen) atoms. The van der Waals surface area contributed by atoms with Crippen molar-refractivity contribution in [2.75, 3.05) is 19.8 Å². The summed E-state index contributed by atoms with van der Waals surface area (Å²) in [5.41, 5.74) is -0.353. The van der Waals surface area contributed by atoms with Crippen molar-refractivity contribution in [1.82, 2.24) is 25.3 Å². The second-order valence-corrected chi connectivity index (χ2v) is 6.39. The zero-order valence-electron chi connectivity index (χ0n) is 14.4. The zero-order chi connectivity index (χ0) is 20.0. The number of imidazole rings is 1. The van der Waals surface area contributed by atoms with Crippen molar-refractivity contribution in [2.45, 2.75) is 42.4 Å². The molecule has 1 aliphatic rings. The van der Waals surface area contributed by atoms with Gasteiger partial charge in [-0.05, 0) is 6.42 Å². The summed E-state index contributed by atoms with van der Waals surface area (Å²) < 4.78 is 0. The Morgan fingerprint density at radius 2 is 1.85 bits per heavy atom. The molecule has 2 aromatic heterocycles. The maximum Gasteiger partial charge on any atom is 0.180 e. The molecule has 1 saturated carbocycles. The van der Waals surface area contributed by atoms with Crippen LogP contribution in [0.5, 0.6) is 0 Å². The largest absolute Gasteiger partial charge is 0.395 e. The molecule has 0 radical (unpaired) electrons. The lowest BCUT2D eigenvalue weighted by atomic mass is 9.76. The van der Waals surface area contributed by atoms with Crippen LogP contribution in [0.4, 0.5) is 0 Å². The van der Waals surface area contributed by atoms with Crippen LogP contribution in [0.15, 0.2) is 18.9 Å². The van der Waals surface area contributed by atoms with E-state index in [1.807, 2.05) is 0 Å². The Morgan fingerprint density at radius 3 is 2.44 bits per heavy atom. The molecule has 0 unspecified atom stereocenters. The van der Waals surface area contributed by atoms with Crippen LogP contribution in [-0.2, 0) is 0 Å². The standard InChI is InChI=1S/C10H21NO7.C5H4N4/c12-2-5(3-13)11-6-1-10(18,4-14)9(17)8(16)7(6)15;1-4-5(8-2-6-1)9-3-7-4/h5-9,11-18H,1-4H2;1-3H,(H,6,7,8,9)/t6-,7-,8+,9-,10-;/m0./s1. The quantitative estimate of drug-likeness (QED) is 0.240. The van der Waals surface area contributed by atoms with Crippen LogP contribution in [0.25, 0.3) is 11.2 Å². The number of aliphatic hydroxyl groups excluding tert-OH is 6. The van der Waals surface area contributed by atoms with Crippen LogP contribution in [0.2, 0.25) is 0 Å². The van der Waals surface area contributed by atoms with Gasteiger partial charge in [-0.1, -0.05) is 0 Å². The van der Waals surface area contributed by atoms with E-state index < -0.39 is 55.8 Å². The molecule has 12 nitrogen and oxygen atoms in total. The van der Waals surface area contributed by atoms with Crippen molar-refractivity contribution in [1.29, 1.82) is 0 Å². The number of rotatable bonds is 5. The Hall–Kier alpha value is -1.77. The number of aromatic amines is 1. The number of nitrogens with one attached hydrogen (secondary N) is 2. The summed E-state index contributed by atoms with van der Waals surface area (Å²) in [6.07, 6.45) is -0.145. The van der Waals surface area contributed by atoms with Crippen molar-refractivity contribution in [3.63, 3.8) is 0 Å². The van der Waals surface area contributed by atoms with Crippen LogP contribution in [0.3, 0.4) is 0 Å². The number of nitrogens with zero attached hydrogens (tertiary/aromatic N) is 3. The lowest BCUT2D eigenvalue weighted by Crippen LogP contribution is -2.68. The zero-order valence-corrected chi connectivity index (χ0v) is 14.4. The van der Waals surface area contributed by atoms with Crippen LogP contribution < -0.4 is 5.32 Å². The summed E-state index contributed by atoms with van der Waals surface area (Å²) >= 11 is 0. The van der Waals surface area contributed by atoms with Gasteiger partial charge >= 0.3 is 0 Å². The molecule has 0 spiro atoms. The van der Waals surface area contributed by atoms with Gasteiger partial charge in [0, 0.05) is 6.04 Å². The first-order valence-electron chi connectivity index (χ1n) is 8.30. The van der Waals surface area contributed by atoms with Crippen molar-refractivity contribution in [3.8, 4) is 0 Å². The van der Waals surface area contributed by atoms with E-state index in [4.69, 9.17) is 15.3 Å². The van der Waals surface area contributed by atoms with Gasteiger partial charge in [-0.3, -0.25) is 0 Å². The summed E-state index contributed by atoms with van der Waals surface area (Å²) in [4.78, 5) is 14.5. The Morgan fingerprint density at radius 1 is 1.15 bits per heavy atom. The SMILES string of the molecule is OCC(CO)N[C@H]1C[C@](O)(CO)[C@@H](O)[C@H](O)[C@H]1O.c1ncc2[nH]cnc2n1. The third-order valence-electron chi connectivity index (χ3n) is 4.47. The number of fused-ring (bicyclic) bond motifs is 1. The highest BCUT2D eigenvalue weighted by Crippen LogP contribution is 2.29. The Kier molecular flexibility index (Phi) is 7.52. The van der Waals surface area contributed by atoms with Crippen molar-refractivity contribution >= 4 is 11.2 Å².